The summed E-state index contributed by atoms with van der Waals surface area (Å²) in [5, 5.41) is 0. The van der Waals surface area contributed by atoms with E-state index in [9.17, 15) is 22.0 Å². The van der Waals surface area contributed by atoms with Crippen molar-refractivity contribution < 1.29 is 22.0 Å². The zero-order chi connectivity index (χ0) is 11.6. The Labute approximate surface area is 83.0 Å². The lowest BCUT2D eigenvalue weighted by Crippen LogP contribution is -2.03. The lowest BCUT2D eigenvalue weighted by Gasteiger charge is -2.03. The summed E-state index contributed by atoms with van der Waals surface area (Å²) in [7, 11) is 0. The minimum atomic E-state index is -2.14. The molecule has 0 atom stereocenters. The van der Waals surface area contributed by atoms with Crippen LogP contribution in [0, 0.1) is 29.1 Å². The van der Waals surface area contributed by atoms with Gasteiger partial charge in [0.1, 0.15) is 0 Å². The van der Waals surface area contributed by atoms with E-state index < -0.39 is 34.6 Å². The highest BCUT2D eigenvalue weighted by atomic mass is 19.2. The molecular weight excluding hydrogens is 215 g/mol. The number of hydrogen-bond acceptors (Lipinski definition) is 0. The van der Waals surface area contributed by atoms with Crippen molar-refractivity contribution in [2.75, 3.05) is 0 Å². The maximum atomic E-state index is 13.0. The van der Waals surface area contributed by atoms with Crippen LogP contribution in [0.1, 0.15) is 18.9 Å². The van der Waals surface area contributed by atoms with Crippen LogP contribution < -0.4 is 0 Å². The molecule has 0 spiro atoms. The lowest BCUT2D eigenvalue weighted by molar-refractivity contribution is 0.377. The van der Waals surface area contributed by atoms with Gasteiger partial charge < -0.3 is 0 Å². The second-order valence-electron chi connectivity index (χ2n) is 2.79. The van der Waals surface area contributed by atoms with Gasteiger partial charge in [0.25, 0.3) is 0 Å². The van der Waals surface area contributed by atoms with Crippen LogP contribution in [0.5, 0.6) is 0 Å². The molecule has 5 heteroatoms. The topological polar surface area (TPSA) is 0 Å². The van der Waals surface area contributed by atoms with Crippen LogP contribution in [0.4, 0.5) is 22.0 Å². The summed E-state index contributed by atoms with van der Waals surface area (Å²) in [6, 6.07) is 0. The molecule has 0 saturated carbocycles. The van der Waals surface area contributed by atoms with E-state index in [1.54, 1.807) is 6.92 Å². The highest BCUT2D eigenvalue weighted by molar-refractivity contribution is 5.51. The van der Waals surface area contributed by atoms with Crippen molar-refractivity contribution in [3.63, 3.8) is 0 Å². The second kappa shape index (κ2) is 4.42. The van der Waals surface area contributed by atoms with Gasteiger partial charge in [0.05, 0.1) is 5.56 Å². The molecule has 15 heavy (non-hydrogen) atoms. The van der Waals surface area contributed by atoms with Crippen LogP contribution in [0.3, 0.4) is 0 Å². The van der Waals surface area contributed by atoms with Crippen LogP contribution in [0.2, 0.25) is 0 Å². The minimum absolute atomic E-state index is 0.430. The first-order valence-corrected chi connectivity index (χ1v) is 4.18. The van der Waals surface area contributed by atoms with Crippen molar-refractivity contribution in [2.45, 2.75) is 13.3 Å². The lowest BCUT2D eigenvalue weighted by atomic mass is 10.1. The molecule has 82 valence electrons. The van der Waals surface area contributed by atoms with Gasteiger partial charge in [-0.05, 0) is 6.42 Å². The predicted octanol–water partition coefficient (Wildman–Crippen LogP) is 3.81. The van der Waals surface area contributed by atoms with Gasteiger partial charge in [0.2, 0.25) is 5.82 Å². The molecule has 0 aliphatic rings. The third-order valence-corrected chi connectivity index (χ3v) is 1.76. The van der Waals surface area contributed by atoms with Gasteiger partial charge in [-0.3, -0.25) is 0 Å². The second-order valence-corrected chi connectivity index (χ2v) is 2.79. The van der Waals surface area contributed by atoms with Crippen molar-refractivity contribution >= 4 is 6.08 Å². The number of rotatable bonds is 2. The van der Waals surface area contributed by atoms with Crippen molar-refractivity contribution in [3.8, 4) is 0 Å². The van der Waals surface area contributed by atoms with Crippen LogP contribution in [0.15, 0.2) is 6.08 Å². The fourth-order valence-electron chi connectivity index (χ4n) is 1.00. The molecule has 0 aliphatic carbocycles. The van der Waals surface area contributed by atoms with Crippen molar-refractivity contribution in [1.82, 2.24) is 0 Å². The van der Waals surface area contributed by atoms with Gasteiger partial charge in [-0.1, -0.05) is 19.1 Å². The molecule has 0 amide bonds. The van der Waals surface area contributed by atoms with Gasteiger partial charge in [-0.25, -0.2) is 22.0 Å². The molecule has 0 aliphatic heterocycles. The van der Waals surface area contributed by atoms with E-state index in [1.807, 2.05) is 0 Å². The van der Waals surface area contributed by atoms with Gasteiger partial charge in [0, 0.05) is 0 Å². The molecule has 1 aromatic rings. The molecule has 0 heterocycles. The number of hydrogen-bond donors (Lipinski definition) is 0. The van der Waals surface area contributed by atoms with E-state index in [0.717, 1.165) is 6.08 Å². The maximum Gasteiger partial charge on any atom is 0.200 e. The fourth-order valence-corrected chi connectivity index (χ4v) is 1.00. The molecule has 0 bridgehead atoms. The molecule has 1 aromatic carbocycles. The van der Waals surface area contributed by atoms with E-state index in [4.69, 9.17) is 0 Å². The molecule has 0 radical (unpaired) electrons. The van der Waals surface area contributed by atoms with Crippen molar-refractivity contribution in [1.29, 1.82) is 0 Å². The summed E-state index contributed by atoms with van der Waals surface area (Å²) in [6.45, 7) is 1.67. The number of benzene rings is 1. The molecule has 0 aromatic heterocycles. The Hall–Kier alpha value is -1.39. The number of halogens is 5. The van der Waals surface area contributed by atoms with Crippen molar-refractivity contribution in [2.24, 2.45) is 0 Å². The quantitative estimate of drug-likeness (QED) is 0.405. The first-order chi connectivity index (χ1) is 7.00. The van der Waals surface area contributed by atoms with Gasteiger partial charge in [-0.15, -0.1) is 0 Å². The third-order valence-electron chi connectivity index (χ3n) is 1.76. The minimum Gasteiger partial charge on any atom is -0.203 e. The van der Waals surface area contributed by atoms with Crippen LogP contribution >= 0.6 is 0 Å². The molecule has 1 rings (SSSR count). The van der Waals surface area contributed by atoms with Gasteiger partial charge in [0.15, 0.2) is 23.3 Å². The smallest absolute Gasteiger partial charge is 0.200 e. The summed E-state index contributed by atoms with van der Waals surface area (Å²) < 4.78 is 63.7. The van der Waals surface area contributed by atoms with E-state index in [-0.39, 0.29) is 0 Å². The van der Waals surface area contributed by atoms with E-state index in [1.165, 1.54) is 6.08 Å². The summed E-state index contributed by atoms with van der Waals surface area (Å²) >= 11 is 0. The average Bonchev–Trinajstić information content (AvgIpc) is 2.24. The van der Waals surface area contributed by atoms with E-state index >= 15 is 0 Å². The highest BCUT2D eigenvalue weighted by Crippen LogP contribution is 2.23. The Morgan fingerprint density at radius 1 is 0.800 bits per heavy atom. The zero-order valence-corrected chi connectivity index (χ0v) is 7.75. The normalized spacial score (nSPS) is 11.3. The average molecular weight is 222 g/mol. The van der Waals surface area contributed by atoms with E-state index in [0.29, 0.717) is 6.42 Å². The Balaban J connectivity index is 3.45. The first kappa shape index (κ1) is 11.7. The van der Waals surface area contributed by atoms with Crippen LogP contribution in [0.25, 0.3) is 6.08 Å². The van der Waals surface area contributed by atoms with Gasteiger partial charge >= 0.3 is 0 Å². The predicted molar refractivity (Wildman–Crippen MR) is 45.6 cm³/mol. The van der Waals surface area contributed by atoms with E-state index in [2.05, 4.69) is 0 Å². The summed E-state index contributed by atoms with van der Waals surface area (Å²) in [5.41, 5.74) is -0.909. The summed E-state index contributed by atoms with van der Waals surface area (Å²) in [4.78, 5) is 0. The fraction of sp³-hybridized carbons (Fsp3) is 0.200. The molecular formula is C10H7F5. The number of allylic oxidation sites excluding steroid dienone is 1. The van der Waals surface area contributed by atoms with Crippen molar-refractivity contribution in [3.05, 3.63) is 40.7 Å². The Morgan fingerprint density at radius 2 is 1.20 bits per heavy atom. The molecule has 0 nitrogen and oxygen atoms in total. The Morgan fingerprint density at radius 3 is 1.60 bits per heavy atom. The standard InChI is InChI=1S/C10H7F5/c1-2-3-4-5-6(11)8(13)10(15)9(14)7(5)12/h3-4H,2H2,1H3/b4-3+. The summed E-state index contributed by atoms with van der Waals surface area (Å²) in [6.07, 6.45) is 2.61. The Kier molecular flexibility index (Phi) is 3.44. The highest BCUT2D eigenvalue weighted by Gasteiger charge is 2.23. The molecule has 0 fully saturated rings. The maximum absolute atomic E-state index is 13.0. The largest absolute Gasteiger partial charge is 0.203 e. The molecule has 0 N–H and O–H groups in total. The molecule has 0 unspecified atom stereocenters. The molecule has 0 saturated heterocycles. The monoisotopic (exact) mass is 222 g/mol. The van der Waals surface area contributed by atoms with Crippen LogP contribution in [-0.4, -0.2) is 0 Å². The first-order valence-electron chi connectivity index (χ1n) is 4.18. The van der Waals surface area contributed by atoms with Gasteiger partial charge in [-0.2, -0.15) is 0 Å². The summed E-state index contributed by atoms with van der Waals surface area (Å²) in [5.74, 6) is -9.61. The zero-order valence-electron chi connectivity index (χ0n) is 7.75. The third kappa shape index (κ3) is 2.00. The van der Waals surface area contributed by atoms with Crippen LogP contribution in [-0.2, 0) is 0 Å². The SMILES string of the molecule is CC/C=C/c1c(F)c(F)c(F)c(F)c1F. The Bertz CT molecular complexity index is 380.